The molecule has 2 aromatic rings. The summed E-state index contributed by atoms with van der Waals surface area (Å²) in [6, 6.07) is 0.539. The van der Waals surface area contributed by atoms with Crippen LogP contribution < -0.4 is 10.6 Å². The van der Waals surface area contributed by atoms with Crippen molar-refractivity contribution in [2.24, 2.45) is 35.5 Å². The molecule has 2 atom stereocenters. The molecule has 0 spiro atoms. The van der Waals surface area contributed by atoms with Crippen molar-refractivity contribution in [3.05, 3.63) is 30.6 Å². The molecular weight excluding hydrogens is 518 g/mol. The zero-order chi connectivity index (χ0) is 31.2. The summed E-state index contributed by atoms with van der Waals surface area (Å²) in [6.07, 6.45) is 21.3. The highest BCUT2D eigenvalue weighted by Gasteiger charge is 2.17. The predicted octanol–water partition coefficient (Wildman–Crippen LogP) is 8.34. The fourth-order valence-electron chi connectivity index (χ4n) is 5.73. The van der Waals surface area contributed by atoms with Crippen LogP contribution in [0.5, 0.6) is 0 Å². The third kappa shape index (κ3) is 18.0. The van der Waals surface area contributed by atoms with Crippen LogP contribution in [-0.4, -0.2) is 51.1 Å². The van der Waals surface area contributed by atoms with Crippen LogP contribution in [0.3, 0.4) is 0 Å². The molecule has 7 heteroatoms. The molecule has 3 N–H and O–H groups in total. The van der Waals surface area contributed by atoms with Gasteiger partial charge in [-0.25, -0.2) is 4.98 Å². The Morgan fingerprint density at radius 2 is 1.33 bits per heavy atom. The molecule has 0 aromatic carbocycles. The summed E-state index contributed by atoms with van der Waals surface area (Å²) >= 11 is 0. The van der Waals surface area contributed by atoms with Gasteiger partial charge in [0.15, 0.2) is 0 Å². The quantitative estimate of drug-likeness (QED) is 0.327. The van der Waals surface area contributed by atoms with Crippen LogP contribution in [0.2, 0.25) is 0 Å². The summed E-state index contributed by atoms with van der Waals surface area (Å²) in [5.41, 5.74) is 1.01. The lowest BCUT2D eigenvalue weighted by molar-refractivity contribution is 0.279. The fraction of sp³-hybridized carbons (Fsp3) is 0.857. The van der Waals surface area contributed by atoms with Gasteiger partial charge in [-0.2, -0.15) is 15.4 Å². The molecule has 0 amide bonds. The van der Waals surface area contributed by atoms with Crippen molar-refractivity contribution in [1.82, 2.24) is 35.6 Å². The molecule has 3 aliphatic rings. The lowest BCUT2D eigenvalue weighted by Gasteiger charge is -2.24. The summed E-state index contributed by atoms with van der Waals surface area (Å²) in [5.74, 6) is 5.69. The first kappa shape index (κ1) is 38.3. The number of nitrogens with zero attached hydrogens (tertiary/aromatic N) is 4. The van der Waals surface area contributed by atoms with Gasteiger partial charge in [0.05, 0.1) is 18.2 Å². The maximum Gasteiger partial charge on any atom is 0.0948 e. The van der Waals surface area contributed by atoms with E-state index < -0.39 is 0 Å². The molecule has 3 fully saturated rings. The number of nitrogens with one attached hydrogen (secondary N) is 3. The van der Waals surface area contributed by atoms with Gasteiger partial charge in [-0.05, 0) is 108 Å². The van der Waals surface area contributed by atoms with Crippen LogP contribution in [0.1, 0.15) is 132 Å². The Labute approximate surface area is 260 Å². The number of rotatable bonds is 5. The van der Waals surface area contributed by atoms with Gasteiger partial charge >= 0.3 is 0 Å². The standard InChI is InChI=1S/C9H19N.C9H18.C7H15N.C6H10N2.C4H7N3/c1-8(2)9-4-3-6-10-7-5-9;1-8(2)9-6-4-3-5-7-9;1-6(2)7-3-4-8-5-7;1-6(2)8-4-3-7-5-8;1-2-4-3-5-7-6-4/h8-10H,3-7H2,1-2H3;8-9H,3-7H2,1-2H3;6-8H,3-5H2,1-2H3;3-6H,1-2H3;3H,2H2,1H3,(H,5,6,7). The Morgan fingerprint density at radius 3 is 1.71 bits per heavy atom. The third-order valence-corrected chi connectivity index (χ3v) is 9.15. The SMILES string of the molecule is CC(C)C1CCCCC1.CC(C)C1CCCNCC1.CC(C)C1CCNC1.CC(C)n1ccnc1.CCc1cn[nH]n1. The maximum atomic E-state index is 3.91. The molecule has 0 bridgehead atoms. The molecule has 7 nitrogen and oxygen atoms in total. The van der Waals surface area contributed by atoms with E-state index in [9.17, 15) is 0 Å². The van der Waals surface area contributed by atoms with E-state index in [1.807, 2.05) is 19.4 Å². The molecule has 244 valence electrons. The summed E-state index contributed by atoms with van der Waals surface area (Å²) < 4.78 is 2.06. The second-order valence-electron chi connectivity index (χ2n) is 13.7. The van der Waals surface area contributed by atoms with Gasteiger partial charge in [-0.1, -0.05) is 80.6 Å². The summed E-state index contributed by atoms with van der Waals surface area (Å²) in [7, 11) is 0. The molecule has 5 rings (SSSR count). The minimum Gasteiger partial charge on any atom is -0.335 e. The monoisotopic (exact) mass is 588 g/mol. The number of H-pyrrole nitrogens is 1. The van der Waals surface area contributed by atoms with Crippen LogP contribution in [0.25, 0.3) is 0 Å². The second kappa shape index (κ2) is 23.7. The zero-order valence-corrected chi connectivity index (χ0v) is 29.0. The molecule has 0 radical (unpaired) electrons. The van der Waals surface area contributed by atoms with Crippen molar-refractivity contribution in [2.45, 2.75) is 133 Å². The van der Waals surface area contributed by atoms with E-state index in [4.69, 9.17) is 0 Å². The molecule has 2 aromatic heterocycles. The van der Waals surface area contributed by atoms with Crippen LogP contribution in [0, 0.1) is 35.5 Å². The van der Waals surface area contributed by atoms with Crippen LogP contribution in [0.4, 0.5) is 0 Å². The van der Waals surface area contributed by atoms with Crippen molar-refractivity contribution in [2.75, 3.05) is 26.2 Å². The first-order valence-electron chi connectivity index (χ1n) is 17.4. The minimum absolute atomic E-state index is 0.539. The summed E-state index contributed by atoms with van der Waals surface area (Å²) in [6.45, 7) is 25.3. The molecule has 2 unspecified atom stereocenters. The van der Waals surface area contributed by atoms with Gasteiger partial charge in [0, 0.05) is 18.4 Å². The Morgan fingerprint density at radius 1 is 0.738 bits per heavy atom. The third-order valence-electron chi connectivity index (χ3n) is 9.15. The lowest BCUT2D eigenvalue weighted by atomic mass is 9.82. The second-order valence-corrected chi connectivity index (χ2v) is 13.7. The van der Waals surface area contributed by atoms with Gasteiger partial charge in [0.2, 0.25) is 0 Å². The fourth-order valence-corrected chi connectivity index (χ4v) is 5.73. The average Bonchev–Trinajstić information content (AvgIpc) is 3.77. The van der Waals surface area contributed by atoms with Gasteiger partial charge in [0.25, 0.3) is 0 Å². The molecule has 4 heterocycles. The smallest absolute Gasteiger partial charge is 0.0948 e. The molecule has 1 aliphatic carbocycles. The first-order valence-corrected chi connectivity index (χ1v) is 17.4. The van der Waals surface area contributed by atoms with Crippen LogP contribution >= 0.6 is 0 Å². The van der Waals surface area contributed by atoms with Crippen LogP contribution in [0.15, 0.2) is 24.9 Å². The first-order chi connectivity index (χ1) is 20.1. The predicted molar refractivity (Wildman–Crippen MR) is 181 cm³/mol. The highest BCUT2D eigenvalue weighted by Crippen LogP contribution is 2.29. The normalized spacial score (nSPS) is 20.9. The Bertz CT molecular complexity index is 795. The number of hydrogen-bond donors (Lipinski definition) is 3. The van der Waals surface area contributed by atoms with E-state index in [1.54, 1.807) is 12.4 Å². The summed E-state index contributed by atoms with van der Waals surface area (Å²) in [5, 5.41) is 16.7. The molecule has 42 heavy (non-hydrogen) atoms. The number of hydrogen-bond acceptors (Lipinski definition) is 5. The van der Waals surface area contributed by atoms with E-state index >= 15 is 0 Å². The van der Waals surface area contributed by atoms with E-state index in [2.05, 4.69) is 91.0 Å². The van der Waals surface area contributed by atoms with E-state index in [1.165, 1.54) is 84.0 Å². The van der Waals surface area contributed by atoms with Gasteiger partial charge in [0.1, 0.15) is 0 Å². The van der Waals surface area contributed by atoms with Crippen molar-refractivity contribution >= 4 is 0 Å². The Hall–Kier alpha value is -1.73. The topological polar surface area (TPSA) is 83.5 Å². The number of aromatic amines is 1. The van der Waals surface area contributed by atoms with Crippen molar-refractivity contribution in [3.63, 3.8) is 0 Å². The average molecular weight is 588 g/mol. The molecular formula is C35H69N7. The van der Waals surface area contributed by atoms with Crippen molar-refractivity contribution in [3.8, 4) is 0 Å². The lowest BCUT2D eigenvalue weighted by Crippen LogP contribution is -2.15. The van der Waals surface area contributed by atoms with E-state index in [0.29, 0.717) is 6.04 Å². The molecule has 2 saturated heterocycles. The van der Waals surface area contributed by atoms with Crippen molar-refractivity contribution < 1.29 is 0 Å². The number of aryl methyl sites for hydroxylation is 1. The largest absolute Gasteiger partial charge is 0.335 e. The molecule has 2 aliphatic heterocycles. The Balaban J connectivity index is 0.000000264. The van der Waals surface area contributed by atoms with Crippen LogP contribution in [-0.2, 0) is 6.42 Å². The number of imidazole rings is 1. The molecule has 1 saturated carbocycles. The number of aromatic nitrogens is 5. The van der Waals surface area contributed by atoms with E-state index in [-0.39, 0.29) is 0 Å². The highest BCUT2D eigenvalue weighted by atomic mass is 15.3. The van der Waals surface area contributed by atoms with E-state index in [0.717, 1.165) is 47.6 Å². The van der Waals surface area contributed by atoms with Gasteiger partial charge < -0.3 is 15.2 Å². The van der Waals surface area contributed by atoms with Gasteiger partial charge in [-0.15, -0.1) is 0 Å². The maximum absolute atomic E-state index is 3.91. The Kier molecular flexibility index (Phi) is 21.6. The summed E-state index contributed by atoms with van der Waals surface area (Å²) in [4.78, 5) is 3.91. The highest BCUT2D eigenvalue weighted by molar-refractivity contribution is 4.88. The minimum atomic E-state index is 0.539. The van der Waals surface area contributed by atoms with Crippen molar-refractivity contribution in [1.29, 1.82) is 0 Å². The van der Waals surface area contributed by atoms with Gasteiger partial charge in [-0.3, -0.25) is 0 Å². The zero-order valence-electron chi connectivity index (χ0n) is 29.0.